The van der Waals surface area contributed by atoms with E-state index in [2.05, 4.69) is 10.6 Å². The molecule has 2 rings (SSSR count). The van der Waals surface area contributed by atoms with Crippen LogP contribution < -0.4 is 10.6 Å². The molecule has 2 N–H and O–H groups in total. The lowest BCUT2D eigenvalue weighted by Gasteiger charge is -2.21. The van der Waals surface area contributed by atoms with E-state index in [4.69, 9.17) is 9.47 Å². The van der Waals surface area contributed by atoms with Gasteiger partial charge in [-0.3, -0.25) is 4.79 Å². The largest absolute Gasteiger partial charge is 0.454 e. The average molecular weight is 320 g/mol. The van der Waals surface area contributed by atoms with Gasteiger partial charge in [0.15, 0.2) is 6.61 Å². The monoisotopic (exact) mass is 320 g/mol. The number of hydrogen-bond acceptors (Lipinski definition) is 5. The van der Waals surface area contributed by atoms with Crippen LogP contribution in [-0.4, -0.2) is 37.2 Å². The van der Waals surface area contributed by atoms with Crippen LogP contribution in [0.15, 0.2) is 30.3 Å². The maximum absolute atomic E-state index is 11.5. The number of morpholine rings is 1. The third-order valence-corrected chi connectivity index (χ3v) is 3.37. The number of carbonyl (C=O) groups is 3. The normalized spacial score (nSPS) is 17.1. The van der Waals surface area contributed by atoms with Crippen LogP contribution in [0.4, 0.5) is 4.79 Å². The zero-order chi connectivity index (χ0) is 16.5. The van der Waals surface area contributed by atoms with Gasteiger partial charge in [-0.15, -0.1) is 0 Å². The molecule has 1 aliphatic rings. The Hall–Kier alpha value is -2.57. The molecule has 0 radical (unpaired) electrons. The van der Waals surface area contributed by atoms with Crippen molar-refractivity contribution in [1.29, 1.82) is 0 Å². The summed E-state index contributed by atoms with van der Waals surface area (Å²) in [5, 5.41) is 5.22. The maximum Gasteiger partial charge on any atom is 0.407 e. The Morgan fingerprint density at radius 3 is 2.83 bits per heavy atom. The number of nitrogens with one attached hydrogen (secondary N) is 2. The molecule has 1 aliphatic heterocycles. The first kappa shape index (κ1) is 16.8. The third-order valence-electron chi connectivity index (χ3n) is 3.37. The Kier molecular flexibility index (Phi) is 6.40. The Morgan fingerprint density at radius 1 is 1.26 bits per heavy atom. The van der Waals surface area contributed by atoms with E-state index < -0.39 is 18.1 Å². The highest BCUT2D eigenvalue weighted by molar-refractivity contribution is 5.90. The molecule has 23 heavy (non-hydrogen) atoms. The van der Waals surface area contributed by atoms with Crippen molar-refractivity contribution in [1.82, 2.24) is 10.6 Å². The second-order valence-corrected chi connectivity index (χ2v) is 5.21. The number of benzene rings is 1. The molecular weight excluding hydrogens is 300 g/mol. The molecule has 7 nitrogen and oxygen atoms in total. The van der Waals surface area contributed by atoms with Gasteiger partial charge in [0.05, 0.1) is 0 Å². The molecule has 124 valence electrons. The number of amides is 2. The summed E-state index contributed by atoms with van der Waals surface area (Å²) in [6.45, 7) is 0.472. The van der Waals surface area contributed by atoms with Crippen LogP contribution in [0.5, 0.6) is 0 Å². The molecule has 2 amide bonds. The highest BCUT2D eigenvalue weighted by atomic mass is 16.5. The van der Waals surface area contributed by atoms with E-state index in [0.717, 1.165) is 5.56 Å². The fourth-order valence-corrected chi connectivity index (χ4v) is 2.16. The first-order valence-electron chi connectivity index (χ1n) is 7.55. The van der Waals surface area contributed by atoms with Crippen molar-refractivity contribution in [2.75, 3.05) is 13.2 Å². The summed E-state index contributed by atoms with van der Waals surface area (Å²) in [4.78, 5) is 34.0. The van der Waals surface area contributed by atoms with Crippen molar-refractivity contribution in [3.05, 3.63) is 35.9 Å². The molecule has 1 aromatic rings. The van der Waals surface area contributed by atoms with Crippen molar-refractivity contribution >= 4 is 18.0 Å². The van der Waals surface area contributed by atoms with E-state index in [9.17, 15) is 14.4 Å². The van der Waals surface area contributed by atoms with Gasteiger partial charge < -0.3 is 20.1 Å². The molecule has 0 aliphatic carbocycles. The van der Waals surface area contributed by atoms with Gasteiger partial charge >= 0.3 is 12.1 Å². The number of rotatable bonds is 7. The Bertz CT molecular complexity index is 547. The third kappa shape index (κ3) is 5.98. The van der Waals surface area contributed by atoms with E-state index in [1.165, 1.54) is 0 Å². The highest BCUT2D eigenvalue weighted by Crippen LogP contribution is 2.06. The van der Waals surface area contributed by atoms with Gasteiger partial charge in [0, 0.05) is 6.54 Å². The quantitative estimate of drug-likeness (QED) is 0.580. The molecule has 1 unspecified atom stereocenters. The number of esters is 1. The van der Waals surface area contributed by atoms with E-state index in [1.54, 1.807) is 0 Å². The molecule has 1 saturated heterocycles. The van der Waals surface area contributed by atoms with Gasteiger partial charge in [-0.2, -0.15) is 0 Å². The zero-order valence-corrected chi connectivity index (χ0v) is 12.7. The van der Waals surface area contributed by atoms with Gasteiger partial charge in [-0.1, -0.05) is 30.3 Å². The van der Waals surface area contributed by atoms with Gasteiger partial charge in [0.25, 0.3) is 5.91 Å². The fraction of sp³-hybridized carbons (Fsp3) is 0.438. The van der Waals surface area contributed by atoms with Crippen molar-refractivity contribution < 1.29 is 23.9 Å². The number of hydrogen-bond donors (Lipinski definition) is 2. The first-order valence-corrected chi connectivity index (χ1v) is 7.55. The highest BCUT2D eigenvalue weighted by Gasteiger charge is 2.27. The summed E-state index contributed by atoms with van der Waals surface area (Å²) in [6.07, 6.45) is 1.38. The fourth-order valence-electron chi connectivity index (χ4n) is 2.16. The van der Waals surface area contributed by atoms with E-state index in [-0.39, 0.29) is 19.1 Å². The summed E-state index contributed by atoms with van der Waals surface area (Å²) >= 11 is 0. The van der Waals surface area contributed by atoms with Crippen LogP contribution >= 0.6 is 0 Å². The lowest BCUT2D eigenvalue weighted by atomic mass is 10.1. The van der Waals surface area contributed by atoms with E-state index >= 15 is 0 Å². The minimum Gasteiger partial charge on any atom is -0.454 e. The van der Waals surface area contributed by atoms with Gasteiger partial charge in [0.1, 0.15) is 12.6 Å². The molecule has 1 atom stereocenters. The Morgan fingerprint density at radius 2 is 2.04 bits per heavy atom. The number of carbonyl (C=O) groups excluding carboxylic acids is 3. The van der Waals surface area contributed by atoms with Crippen LogP contribution in [-0.2, 0) is 25.7 Å². The van der Waals surface area contributed by atoms with Crippen LogP contribution in [0.25, 0.3) is 0 Å². The molecule has 1 aromatic carbocycles. The van der Waals surface area contributed by atoms with Crippen LogP contribution in [0, 0.1) is 0 Å². The van der Waals surface area contributed by atoms with Gasteiger partial charge in [-0.05, 0) is 24.8 Å². The molecule has 7 heteroatoms. The van der Waals surface area contributed by atoms with E-state index in [0.29, 0.717) is 25.8 Å². The second-order valence-electron chi connectivity index (χ2n) is 5.21. The number of cyclic esters (lactones) is 1. The summed E-state index contributed by atoms with van der Waals surface area (Å²) in [5.74, 6) is -0.683. The summed E-state index contributed by atoms with van der Waals surface area (Å²) in [7, 11) is 0. The molecule has 1 fully saturated rings. The van der Waals surface area contributed by atoms with Crippen LogP contribution in [0.3, 0.4) is 0 Å². The SMILES string of the molecule is O=C1COC(=O)C(CCCCNC(=O)OCc2ccccc2)N1. The number of alkyl carbamates (subject to hydrolysis) is 1. The second kappa shape index (κ2) is 8.77. The summed E-state index contributed by atoms with van der Waals surface area (Å²) in [6, 6.07) is 8.84. The standard InChI is InChI=1S/C16H20N2O5/c19-14-11-22-15(20)13(18-14)8-4-5-9-17-16(21)23-10-12-6-2-1-3-7-12/h1-3,6-7,13H,4-5,8-11H2,(H,17,21)(H,18,19). The van der Waals surface area contributed by atoms with Crippen molar-refractivity contribution in [2.24, 2.45) is 0 Å². The molecule has 0 aromatic heterocycles. The minimum atomic E-state index is -0.582. The van der Waals surface area contributed by atoms with E-state index in [1.807, 2.05) is 30.3 Å². The Balaban J connectivity index is 1.54. The van der Waals surface area contributed by atoms with Gasteiger partial charge in [0.2, 0.25) is 0 Å². The lowest BCUT2D eigenvalue weighted by Crippen LogP contribution is -2.49. The minimum absolute atomic E-state index is 0.204. The molecule has 0 bridgehead atoms. The Labute approximate surface area is 134 Å². The van der Waals surface area contributed by atoms with Crippen molar-refractivity contribution in [2.45, 2.75) is 31.9 Å². The predicted molar refractivity (Wildman–Crippen MR) is 81.4 cm³/mol. The molecule has 1 heterocycles. The summed E-state index contributed by atoms with van der Waals surface area (Å²) in [5.41, 5.74) is 0.925. The first-order chi connectivity index (χ1) is 11.1. The molecule has 0 saturated carbocycles. The van der Waals surface area contributed by atoms with Crippen molar-refractivity contribution in [3.63, 3.8) is 0 Å². The lowest BCUT2D eigenvalue weighted by molar-refractivity contribution is -0.157. The smallest absolute Gasteiger partial charge is 0.407 e. The number of unbranched alkanes of at least 4 members (excludes halogenated alkanes) is 1. The van der Waals surface area contributed by atoms with Crippen LogP contribution in [0.2, 0.25) is 0 Å². The predicted octanol–water partition coefficient (Wildman–Crippen LogP) is 1.12. The zero-order valence-electron chi connectivity index (χ0n) is 12.7. The molecular formula is C16H20N2O5. The molecule has 0 spiro atoms. The van der Waals surface area contributed by atoms with Gasteiger partial charge in [-0.25, -0.2) is 9.59 Å². The summed E-state index contributed by atoms with van der Waals surface area (Å²) < 4.78 is 9.81. The average Bonchev–Trinajstić information content (AvgIpc) is 2.56. The van der Waals surface area contributed by atoms with Crippen LogP contribution in [0.1, 0.15) is 24.8 Å². The topological polar surface area (TPSA) is 93.7 Å². The maximum atomic E-state index is 11.5. The number of ether oxygens (including phenoxy) is 2. The van der Waals surface area contributed by atoms with Crippen molar-refractivity contribution in [3.8, 4) is 0 Å².